The number of sulfonamides is 1. The van der Waals surface area contributed by atoms with Crippen LogP contribution in [0.1, 0.15) is 29.8 Å². The highest BCUT2D eigenvalue weighted by molar-refractivity contribution is 7.89. The minimum Gasteiger partial charge on any atom is -0.342 e. The topological polar surface area (TPSA) is 124 Å². The molecule has 2 N–H and O–H groups in total. The second kappa shape index (κ2) is 6.68. The first-order chi connectivity index (χ1) is 11.7. The number of nitrogens with zero attached hydrogens (tertiary/aromatic N) is 5. The summed E-state index contributed by atoms with van der Waals surface area (Å²) >= 11 is 0. The quantitative estimate of drug-likeness (QED) is 0.782. The smallest absolute Gasteiger partial charge is 0.252 e. The van der Waals surface area contributed by atoms with Gasteiger partial charge in [0.15, 0.2) is 0 Å². The SMILES string of the molecule is Cc1nc2ncnn2c(C)c1CCC(=O)N1CC[C@H](CS(N)(=O)=O)C1. The third kappa shape index (κ3) is 3.96. The molecule has 9 nitrogen and oxygen atoms in total. The van der Waals surface area contributed by atoms with Gasteiger partial charge in [-0.15, -0.1) is 0 Å². The van der Waals surface area contributed by atoms with Gasteiger partial charge in [0, 0.05) is 30.9 Å². The maximum Gasteiger partial charge on any atom is 0.252 e. The van der Waals surface area contributed by atoms with Crippen molar-refractivity contribution < 1.29 is 13.2 Å². The van der Waals surface area contributed by atoms with Crippen LogP contribution in [0.5, 0.6) is 0 Å². The minimum atomic E-state index is -3.50. The first-order valence-electron chi connectivity index (χ1n) is 8.18. The summed E-state index contributed by atoms with van der Waals surface area (Å²) < 4.78 is 24.0. The second-order valence-electron chi connectivity index (χ2n) is 6.56. The first-order valence-corrected chi connectivity index (χ1v) is 9.90. The molecule has 0 saturated carbocycles. The predicted molar refractivity (Wildman–Crippen MR) is 91.2 cm³/mol. The number of aromatic nitrogens is 4. The molecule has 3 heterocycles. The average molecular weight is 366 g/mol. The van der Waals surface area contributed by atoms with E-state index in [1.807, 2.05) is 13.8 Å². The molecule has 25 heavy (non-hydrogen) atoms. The molecule has 0 aromatic carbocycles. The molecule has 0 bridgehead atoms. The zero-order valence-electron chi connectivity index (χ0n) is 14.3. The number of fused-ring (bicyclic) bond motifs is 1. The molecular formula is C15H22N6O3S. The van der Waals surface area contributed by atoms with Gasteiger partial charge in [-0.3, -0.25) is 4.79 Å². The summed E-state index contributed by atoms with van der Waals surface area (Å²) in [4.78, 5) is 22.7. The average Bonchev–Trinajstić information content (AvgIpc) is 3.14. The van der Waals surface area contributed by atoms with Crippen LogP contribution < -0.4 is 5.14 Å². The third-order valence-corrected chi connectivity index (χ3v) is 5.62. The van der Waals surface area contributed by atoms with Crippen LogP contribution in [0, 0.1) is 19.8 Å². The molecule has 0 unspecified atom stereocenters. The summed E-state index contributed by atoms with van der Waals surface area (Å²) in [5, 5.41) is 9.24. The molecule has 0 radical (unpaired) electrons. The highest BCUT2D eigenvalue weighted by Crippen LogP contribution is 2.20. The number of carbonyl (C=O) groups is 1. The zero-order valence-corrected chi connectivity index (χ0v) is 15.2. The van der Waals surface area contributed by atoms with Gasteiger partial charge in [0.1, 0.15) is 6.33 Å². The molecule has 1 atom stereocenters. The Morgan fingerprint density at radius 3 is 2.88 bits per heavy atom. The number of carbonyl (C=O) groups excluding carboxylic acids is 1. The number of primary sulfonamides is 1. The lowest BCUT2D eigenvalue weighted by atomic mass is 10.1. The van der Waals surface area contributed by atoms with E-state index in [-0.39, 0.29) is 17.6 Å². The minimum absolute atomic E-state index is 0.0226. The largest absolute Gasteiger partial charge is 0.342 e. The summed E-state index contributed by atoms with van der Waals surface area (Å²) in [5.74, 6) is 0.433. The lowest BCUT2D eigenvalue weighted by Crippen LogP contribution is -2.31. The number of likely N-dealkylation sites (tertiary alicyclic amines) is 1. The van der Waals surface area contributed by atoms with Crippen molar-refractivity contribution in [2.45, 2.75) is 33.1 Å². The van der Waals surface area contributed by atoms with Crippen LogP contribution >= 0.6 is 0 Å². The van der Waals surface area contributed by atoms with Gasteiger partial charge in [-0.05, 0) is 38.2 Å². The van der Waals surface area contributed by atoms with Crippen molar-refractivity contribution >= 4 is 21.7 Å². The van der Waals surface area contributed by atoms with E-state index in [9.17, 15) is 13.2 Å². The van der Waals surface area contributed by atoms with Crippen molar-refractivity contribution in [2.24, 2.45) is 11.1 Å². The van der Waals surface area contributed by atoms with E-state index in [0.717, 1.165) is 17.0 Å². The van der Waals surface area contributed by atoms with Crippen molar-refractivity contribution in [3.05, 3.63) is 23.3 Å². The number of nitrogens with two attached hydrogens (primary N) is 1. The maximum atomic E-state index is 12.5. The molecule has 1 aliphatic heterocycles. The maximum absolute atomic E-state index is 12.5. The van der Waals surface area contributed by atoms with Gasteiger partial charge in [-0.2, -0.15) is 10.1 Å². The molecule has 2 aromatic rings. The van der Waals surface area contributed by atoms with Gasteiger partial charge >= 0.3 is 0 Å². The highest BCUT2D eigenvalue weighted by atomic mass is 32.2. The number of hydrogen-bond acceptors (Lipinski definition) is 6. The summed E-state index contributed by atoms with van der Waals surface area (Å²) in [6, 6.07) is 0. The van der Waals surface area contributed by atoms with Crippen molar-refractivity contribution in [3.63, 3.8) is 0 Å². The third-order valence-electron chi connectivity index (χ3n) is 4.68. The Morgan fingerprint density at radius 1 is 1.40 bits per heavy atom. The van der Waals surface area contributed by atoms with Crippen LogP contribution in [0.4, 0.5) is 0 Å². The van der Waals surface area contributed by atoms with E-state index in [2.05, 4.69) is 15.1 Å². The van der Waals surface area contributed by atoms with E-state index >= 15 is 0 Å². The Hall–Kier alpha value is -2.07. The lowest BCUT2D eigenvalue weighted by Gasteiger charge is -2.17. The van der Waals surface area contributed by atoms with Crippen LogP contribution in [0.2, 0.25) is 0 Å². The summed E-state index contributed by atoms with van der Waals surface area (Å²) in [6.07, 6.45) is 3.05. The first kappa shape index (κ1) is 17.7. The van der Waals surface area contributed by atoms with Crippen LogP contribution in [-0.2, 0) is 21.2 Å². The van der Waals surface area contributed by atoms with E-state index in [4.69, 9.17) is 5.14 Å². The van der Waals surface area contributed by atoms with Gasteiger partial charge in [0.05, 0.1) is 5.75 Å². The Labute approximate surface area is 146 Å². The van der Waals surface area contributed by atoms with Crippen molar-refractivity contribution in [3.8, 4) is 0 Å². The Balaban J connectivity index is 1.63. The van der Waals surface area contributed by atoms with E-state index in [1.54, 1.807) is 9.42 Å². The Morgan fingerprint density at radius 2 is 2.16 bits per heavy atom. The number of aryl methyl sites for hydroxylation is 2. The van der Waals surface area contributed by atoms with Gasteiger partial charge in [-0.25, -0.2) is 23.1 Å². The standard InChI is InChI=1S/C15H22N6O3S/c1-10-13(11(2)21-15(19-10)17-9-18-21)3-4-14(22)20-6-5-12(7-20)8-25(16,23)24/h9,12H,3-8H2,1-2H3,(H2,16,23,24)/t12-/m0/s1. The Kier molecular flexibility index (Phi) is 4.74. The molecule has 1 amide bonds. The van der Waals surface area contributed by atoms with E-state index < -0.39 is 10.0 Å². The van der Waals surface area contributed by atoms with Crippen LogP contribution in [0.3, 0.4) is 0 Å². The molecular weight excluding hydrogens is 344 g/mol. The summed E-state index contributed by atoms with van der Waals surface area (Å²) in [5.41, 5.74) is 2.77. The van der Waals surface area contributed by atoms with Gasteiger partial charge in [0.25, 0.3) is 5.78 Å². The zero-order chi connectivity index (χ0) is 18.2. The fourth-order valence-corrected chi connectivity index (χ4v) is 4.36. The fraction of sp³-hybridized carbons (Fsp3) is 0.600. The van der Waals surface area contributed by atoms with Crippen molar-refractivity contribution in [1.29, 1.82) is 0 Å². The number of amides is 1. The molecule has 1 saturated heterocycles. The highest BCUT2D eigenvalue weighted by Gasteiger charge is 2.28. The summed E-state index contributed by atoms with van der Waals surface area (Å²) in [7, 11) is -3.50. The Bertz CT molecular complexity index is 907. The van der Waals surface area contributed by atoms with Crippen LogP contribution in [0.25, 0.3) is 5.78 Å². The molecule has 1 fully saturated rings. The molecule has 136 valence electrons. The summed E-state index contributed by atoms with van der Waals surface area (Å²) in [6.45, 7) is 4.87. The predicted octanol–water partition coefficient (Wildman–Crippen LogP) is -0.189. The van der Waals surface area contributed by atoms with Crippen LogP contribution in [-0.4, -0.2) is 57.6 Å². The monoisotopic (exact) mass is 366 g/mol. The molecule has 3 rings (SSSR count). The van der Waals surface area contributed by atoms with Gasteiger partial charge in [-0.1, -0.05) is 0 Å². The molecule has 0 aliphatic carbocycles. The molecule has 1 aliphatic rings. The molecule has 10 heteroatoms. The normalized spacial score (nSPS) is 18.2. The van der Waals surface area contributed by atoms with Crippen molar-refractivity contribution in [1.82, 2.24) is 24.5 Å². The number of rotatable bonds is 5. The second-order valence-corrected chi connectivity index (χ2v) is 8.22. The molecule has 2 aromatic heterocycles. The van der Waals surface area contributed by atoms with Crippen LogP contribution in [0.15, 0.2) is 6.33 Å². The number of hydrogen-bond donors (Lipinski definition) is 1. The van der Waals surface area contributed by atoms with Gasteiger partial charge in [0.2, 0.25) is 15.9 Å². The molecule has 0 spiro atoms. The van der Waals surface area contributed by atoms with E-state index in [0.29, 0.717) is 38.1 Å². The fourth-order valence-electron chi connectivity index (χ4n) is 3.43. The van der Waals surface area contributed by atoms with Crippen molar-refractivity contribution in [2.75, 3.05) is 18.8 Å². The van der Waals surface area contributed by atoms with E-state index in [1.165, 1.54) is 6.33 Å². The lowest BCUT2D eigenvalue weighted by molar-refractivity contribution is -0.130. The van der Waals surface area contributed by atoms with Gasteiger partial charge < -0.3 is 4.90 Å².